The highest BCUT2D eigenvalue weighted by Gasteiger charge is 2.11. The van der Waals surface area contributed by atoms with Crippen molar-refractivity contribution in [2.24, 2.45) is 0 Å². The summed E-state index contributed by atoms with van der Waals surface area (Å²) in [4.78, 5) is 2.20. The fourth-order valence-corrected chi connectivity index (χ4v) is 2.40. The molecular formula is C15H19ClN2O. The molecule has 2 aromatic rings. The average molecular weight is 279 g/mol. The monoisotopic (exact) mass is 278 g/mol. The molecule has 0 spiro atoms. The second kappa shape index (κ2) is 6.64. The summed E-state index contributed by atoms with van der Waals surface area (Å²) in [5.41, 5.74) is 2.23. The van der Waals surface area contributed by atoms with Crippen LogP contribution in [0.2, 0.25) is 5.02 Å². The van der Waals surface area contributed by atoms with E-state index in [0.717, 1.165) is 36.1 Å². The van der Waals surface area contributed by atoms with E-state index in [9.17, 15) is 0 Å². The van der Waals surface area contributed by atoms with Gasteiger partial charge in [0.2, 0.25) is 0 Å². The van der Waals surface area contributed by atoms with Gasteiger partial charge in [0.05, 0.1) is 23.5 Å². The smallest absolute Gasteiger partial charge is 0.123 e. The molecule has 0 fully saturated rings. The van der Waals surface area contributed by atoms with Crippen LogP contribution in [0.3, 0.4) is 0 Å². The minimum Gasteiger partial charge on any atom is -0.467 e. The Morgan fingerprint density at radius 3 is 2.74 bits per heavy atom. The summed E-state index contributed by atoms with van der Waals surface area (Å²) in [6.45, 7) is 4.55. The van der Waals surface area contributed by atoms with Crippen molar-refractivity contribution < 1.29 is 4.42 Å². The third kappa shape index (κ3) is 3.52. The van der Waals surface area contributed by atoms with Crippen LogP contribution in [0.25, 0.3) is 0 Å². The quantitative estimate of drug-likeness (QED) is 0.874. The lowest BCUT2D eigenvalue weighted by Gasteiger charge is -2.23. The Morgan fingerprint density at radius 1 is 1.32 bits per heavy atom. The van der Waals surface area contributed by atoms with Crippen LogP contribution in [-0.2, 0) is 13.1 Å². The van der Waals surface area contributed by atoms with Crippen LogP contribution in [0.1, 0.15) is 18.2 Å². The van der Waals surface area contributed by atoms with Crippen LogP contribution in [0.5, 0.6) is 0 Å². The molecule has 2 rings (SSSR count). The first-order chi connectivity index (χ1) is 9.24. The summed E-state index contributed by atoms with van der Waals surface area (Å²) in [6, 6.07) is 10.1. The highest BCUT2D eigenvalue weighted by atomic mass is 35.5. The van der Waals surface area contributed by atoms with Gasteiger partial charge in [-0.05, 0) is 43.8 Å². The van der Waals surface area contributed by atoms with E-state index in [1.807, 2.05) is 25.2 Å². The van der Waals surface area contributed by atoms with Gasteiger partial charge >= 0.3 is 0 Å². The van der Waals surface area contributed by atoms with Gasteiger partial charge in [0.15, 0.2) is 0 Å². The van der Waals surface area contributed by atoms with E-state index in [1.165, 1.54) is 5.56 Å². The molecule has 0 aliphatic rings. The average Bonchev–Trinajstić information content (AvgIpc) is 2.90. The molecule has 4 heteroatoms. The molecular weight excluding hydrogens is 260 g/mol. The Hall–Kier alpha value is -1.45. The van der Waals surface area contributed by atoms with Crippen LogP contribution in [0.4, 0.5) is 5.69 Å². The Morgan fingerprint density at radius 2 is 2.16 bits per heavy atom. The summed E-state index contributed by atoms with van der Waals surface area (Å²) in [5, 5.41) is 3.90. The summed E-state index contributed by atoms with van der Waals surface area (Å²) < 4.78 is 5.39. The zero-order valence-electron chi connectivity index (χ0n) is 11.3. The van der Waals surface area contributed by atoms with Crippen molar-refractivity contribution in [3.05, 3.63) is 52.9 Å². The topological polar surface area (TPSA) is 28.4 Å². The van der Waals surface area contributed by atoms with Gasteiger partial charge in [-0.3, -0.25) is 0 Å². The zero-order chi connectivity index (χ0) is 13.7. The molecule has 1 aromatic carbocycles. The number of nitrogens with zero attached hydrogens (tertiary/aromatic N) is 1. The lowest BCUT2D eigenvalue weighted by Crippen LogP contribution is -2.22. The largest absolute Gasteiger partial charge is 0.467 e. The lowest BCUT2D eigenvalue weighted by atomic mass is 10.2. The Labute approximate surface area is 119 Å². The molecule has 0 saturated heterocycles. The van der Waals surface area contributed by atoms with Crippen LogP contribution in [0, 0.1) is 0 Å². The van der Waals surface area contributed by atoms with Crippen molar-refractivity contribution >= 4 is 17.3 Å². The highest BCUT2D eigenvalue weighted by molar-refractivity contribution is 6.33. The van der Waals surface area contributed by atoms with E-state index in [0.29, 0.717) is 0 Å². The SMILES string of the molecule is CCN(Cc1ccco1)c1ccc(CNC)cc1Cl. The number of hydrogen-bond donors (Lipinski definition) is 1. The van der Waals surface area contributed by atoms with E-state index >= 15 is 0 Å². The van der Waals surface area contributed by atoms with Gasteiger partial charge in [-0.2, -0.15) is 0 Å². The second-order valence-electron chi connectivity index (χ2n) is 4.41. The third-order valence-electron chi connectivity index (χ3n) is 3.04. The molecule has 1 heterocycles. The molecule has 0 radical (unpaired) electrons. The lowest BCUT2D eigenvalue weighted by molar-refractivity contribution is 0.503. The minimum absolute atomic E-state index is 0.731. The Kier molecular flexibility index (Phi) is 4.88. The fourth-order valence-electron chi connectivity index (χ4n) is 2.08. The third-order valence-corrected chi connectivity index (χ3v) is 3.34. The minimum atomic E-state index is 0.731. The van der Waals surface area contributed by atoms with Gasteiger partial charge in [-0.1, -0.05) is 17.7 Å². The van der Waals surface area contributed by atoms with Crippen molar-refractivity contribution in [2.45, 2.75) is 20.0 Å². The summed E-state index contributed by atoms with van der Waals surface area (Å²) in [7, 11) is 1.93. The molecule has 0 bridgehead atoms. The van der Waals surface area contributed by atoms with Crippen molar-refractivity contribution in [1.82, 2.24) is 5.32 Å². The zero-order valence-corrected chi connectivity index (χ0v) is 12.1. The van der Waals surface area contributed by atoms with Crippen molar-refractivity contribution in [2.75, 3.05) is 18.5 Å². The van der Waals surface area contributed by atoms with E-state index in [-0.39, 0.29) is 0 Å². The number of nitrogens with one attached hydrogen (secondary N) is 1. The van der Waals surface area contributed by atoms with E-state index in [4.69, 9.17) is 16.0 Å². The predicted octanol–water partition coefficient (Wildman–Crippen LogP) is 3.68. The van der Waals surface area contributed by atoms with E-state index in [1.54, 1.807) is 6.26 Å². The summed E-state index contributed by atoms with van der Waals surface area (Å²) >= 11 is 6.38. The first-order valence-electron chi connectivity index (χ1n) is 6.45. The van der Waals surface area contributed by atoms with Gasteiger partial charge in [0.1, 0.15) is 5.76 Å². The molecule has 0 saturated carbocycles. The molecule has 102 valence electrons. The Bertz CT molecular complexity index is 511. The van der Waals surface area contributed by atoms with Crippen LogP contribution in [-0.4, -0.2) is 13.6 Å². The molecule has 0 aliphatic carbocycles. The number of anilines is 1. The van der Waals surface area contributed by atoms with Crippen molar-refractivity contribution in [3.8, 4) is 0 Å². The van der Waals surface area contributed by atoms with Gasteiger partial charge in [-0.25, -0.2) is 0 Å². The molecule has 0 unspecified atom stereocenters. The van der Waals surface area contributed by atoms with Gasteiger partial charge in [-0.15, -0.1) is 0 Å². The molecule has 3 nitrogen and oxygen atoms in total. The van der Waals surface area contributed by atoms with Crippen LogP contribution in [0.15, 0.2) is 41.0 Å². The normalized spacial score (nSPS) is 10.7. The van der Waals surface area contributed by atoms with Crippen molar-refractivity contribution in [1.29, 1.82) is 0 Å². The molecule has 19 heavy (non-hydrogen) atoms. The number of furan rings is 1. The van der Waals surface area contributed by atoms with Gasteiger partial charge in [0.25, 0.3) is 0 Å². The van der Waals surface area contributed by atoms with Gasteiger partial charge < -0.3 is 14.6 Å². The molecule has 1 N–H and O–H groups in total. The maximum absolute atomic E-state index is 6.38. The Balaban J connectivity index is 2.18. The summed E-state index contributed by atoms with van der Waals surface area (Å²) in [5.74, 6) is 0.942. The number of benzene rings is 1. The number of rotatable bonds is 6. The standard InChI is InChI=1S/C15H19ClN2O/c1-3-18(11-13-5-4-8-19-13)15-7-6-12(10-17-2)9-14(15)16/h4-9,17H,3,10-11H2,1-2H3. The maximum atomic E-state index is 6.38. The molecule has 1 aromatic heterocycles. The first-order valence-corrected chi connectivity index (χ1v) is 6.82. The number of hydrogen-bond acceptors (Lipinski definition) is 3. The predicted molar refractivity (Wildman–Crippen MR) is 79.6 cm³/mol. The van der Waals surface area contributed by atoms with E-state index < -0.39 is 0 Å². The van der Waals surface area contributed by atoms with E-state index in [2.05, 4.69) is 29.3 Å². The molecule has 0 amide bonds. The van der Waals surface area contributed by atoms with Gasteiger partial charge in [0, 0.05) is 13.1 Å². The summed E-state index contributed by atoms with van der Waals surface area (Å²) in [6.07, 6.45) is 1.70. The van der Waals surface area contributed by atoms with Crippen molar-refractivity contribution in [3.63, 3.8) is 0 Å². The molecule has 0 aliphatic heterocycles. The number of halogens is 1. The second-order valence-corrected chi connectivity index (χ2v) is 4.82. The highest BCUT2D eigenvalue weighted by Crippen LogP contribution is 2.28. The van der Waals surface area contributed by atoms with Crippen LogP contribution < -0.4 is 10.2 Å². The molecule has 0 atom stereocenters. The van der Waals surface area contributed by atoms with Crippen LogP contribution >= 0.6 is 11.6 Å². The maximum Gasteiger partial charge on any atom is 0.123 e. The first kappa shape index (κ1) is 14.0. The fraction of sp³-hybridized carbons (Fsp3) is 0.333.